The van der Waals surface area contributed by atoms with Crippen LogP contribution in [0.25, 0.3) is 0 Å². The van der Waals surface area contributed by atoms with Gasteiger partial charge in [-0.25, -0.2) is 4.98 Å². The number of carbonyl (C=O) groups excluding carboxylic acids is 2. The first-order valence-corrected chi connectivity index (χ1v) is 12.3. The lowest BCUT2D eigenvalue weighted by Gasteiger charge is -2.44. The smallest absolute Gasteiger partial charge is 0.251 e. The van der Waals surface area contributed by atoms with E-state index in [-0.39, 0.29) is 17.4 Å². The molecule has 3 N–H and O–H groups in total. The summed E-state index contributed by atoms with van der Waals surface area (Å²) in [6.45, 7) is 4.23. The van der Waals surface area contributed by atoms with Gasteiger partial charge in [-0.2, -0.15) is 11.8 Å². The monoisotopic (exact) mass is 441 g/mol. The number of H-pyrrole nitrogens is 1. The van der Waals surface area contributed by atoms with E-state index in [0.29, 0.717) is 25.1 Å². The number of hydrogen-bond donors (Lipinski definition) is 3. The third-order valence-corrected chi connectivity index (χ3v) is 7.11. The zero-order chi connectivity index (χ0) is 21.8. The topological polar surface area (TPSA) is 90.1 Å². The molecule has 7 nitrogen and oxygen atoms in total. The Morgan fingerprint density at radius 3 is 2.71 bits per heavy atom. The summed E-state index contributed by atoms with van der Waals surface area (Å²) in [5.41, 5.74) is 3.86. The number of aromatic amines is 1. The van der Waals surface area contributed by atoms with Gasteiger partial charge in [0, 0.05) is 37.3 Å². The molecular formula is C23H31N5O2S. The lowest BCUT2D eigenvalue weighted by Crippen LogP contribution is -2.57. The van der Waals surface area contributed by atoms with E-state index in [4.69, 9.17) is 0 Å². The number of nitrogens with zero attached hydrogens (tertiary/aromatic N) is 2. The van der Waals surface area contributed by atoms with Crippen molar-refractivity contribution in [3.05, 3.63) is 53.1 Å². The minimum atomic E-state index is -0.504. The van der Waals surface area contributed by atoms with Gasteiger partial charge in [0.05, 0.1) is 17.6 Å². The van der Waals surface area contributed by atoms with Crippen LogP contribution in [-0.4, -0.2) is 64.4 Å². The first kappa shape index (κ1) is 21.9. The third-order valence-electron chi connectivity index (χ3n) is 6.47. The Morgan fingerprint density at radius 1 is 1.26 bits per heavy atom. The SMILES string of the molecule is CSCCC(NC(=O)c1ccc(C)cc1)C(=O)N1CCC2(CC1)NCCc1[nH]cnc12. The number of thioether (sulfide) groups is 1. The minimum Gasteiger partial charge on any atom is -0.348 e. The molecule has 1 spiro atoms. The Balaban J connectivity index is 1.42. The first-order valence-electron chi connectivity index (χ1n) is 11.0. The summed E-state index contributed by atoms with van der Waals surface area (Å²) < 4.78 is 0. The second-order valence-corrected chi connectivity index (χ2v) is 9.47. The van der Waals surface area contributed by atoms with Gasteiger partial charge in [0.2, 0.25) is 5.91 Å². The molecule has 1 aromatic carbocycles. The summed E-state index contributed by atoms with van der Waals surface area (Å²) >= 11 is 1.69. The molecule has 3 heterocycles. The number of piperidine rings is 1. The molecule has 1 saturated heterocycles. The number of likely N-dealkylation sites (tertiary alicyclic amines) is 1. The van der Waals surface area contributed by atoms with Crippen LogP contribution in [-0.2, 0) is 16.8 Å². The molecule has 1 fully saturated rings. The molecule has 0 bridgehead atoms. The van der Waals surface area contributed by atoms with Crippen LogP contribution in [0.15, 0.2) is 30.6 Å². The molecular weight excluding hydrogens is 410 g/mol. The van der Waals surface area contributed by atoms with Crippen molar-refractivity contribution in [2.45, 2.75) is 44.2 Å². The first-order chi connectivity index (χ1) is 15.0. The number of aryl methyl sites for hydroxylation is 1. The highest BCUT2D eigenvalue weighted by molar-refractivity contribution is 7.98. The molecule has 1 atom stereocenters. The molecule has 8 heteroatoms. The van der Waals surface area contributed by atoms with Crippen LogP contribution in [0.3, 0.4) is 0 Å². The molecule has 2 aliphatic rings. The van der Waals surface area contributed by atoms with E-state index in [1.807, 2.05) is 42.3 Å². The molecule has 2 aliphatic heterocycles. The van der Waals surface area contributed by atoms with Gasteiger partial charge in [0.25, 0.3) is 5.91 Å². The summed E-state index contributed by atoms with van der Waals surface area (Å²) in [6, 6.07) is 6.94. The summed E-state index contributed by atoms with van der Waals surface area (Å²) in [5.74, 6) is 0.644. The Hall–Kier alpha value is -2.32. The van der Waals surface area contributed by atoms with E-state index < -0.39 is 6.04 Å². The van der Waals surface area contributed by atoms with E-state index in [1.165, 1.54) is 5.69 Å². The molecule has 31 heavy (non-hydrogen) atoms. The summed E-state index contributed by atoms with van der Waals surface area (Å²) in [5, 5.41) is 6.66. The average molecular weight is 442 g/mol. The highest BCUT2D eigenvalue weighted by Gasteiger charge is 2.42. The Labute approximate surface area is 187 Å². The molecule has 166 valence electrons. The predicted molar refractivity (Wildman–Crippen MR) is 123 cm³/mol. The number of hydrogen-bond acceptors (Lipinski definition) is 5. The summed E-state index contributed by atoms with van der Waals surface area (Å²) in [4.78, 5) is 35.9. The zero-order valence-electron chi connectivity index (χ0n) is 18.2. The Kier molecular flexibility index (Phi) is 6.67. The van der Waals surface area contributed by atoms with Crippen molar-refractivity contribution < 1.29 is 9.59 Å². The highest BCUT2D eigenvalue weighted by Crippen LogP contribution is 2.36. The molecule has 0 radical (unpaired) electrons. The van der Waals surface area contributed by atoms with Gasteiger partial charge in [-0.05, 0) is 50.3 Å². The van der Waals surface area contributed by atoms with Crippen LogP contribution in [0.2, 0.25) is 0 Å². The standard InChI is InChI=1S/C23H31N5O2S/c1-16-3-5-17(6-4-16)21(29)27-19(8-14-31-2)22(30)28-12-9-23(10-13-28)20-18(7-11-26-23)24-15-25-20/h3-6,15,19,26H,7-14H2,1-2H3,(H,24,25)(H,27,29). The second-order valence-electron chi connectivity index (χ2n) is 8.49. The normalized spacial score (nSPS) is 18.5. The molecule has 2 aromatic rings. The van der Waals surface area contributed by atoms with Gasteiger partial charge < -0.3 is 20.5 Å². The molecule has 0 saturated carbocycles. The molecule has 0 aliphatic carbocycles. The number of fused-ring (bicyclic) bond motifs is 2. The largest absolute Gasteiger partial charge is 0.348 e. The van der Waals surface area contributed by atoms with E-state index in [0.717, 1.165) is 42.8 Å². The molecule has 4 rings (SSSR count). The third kappa shape index (κ3) is 4.65. The van der Waals surface area contributed by atoms with Crippen molar-refractivity contribution in [3.63, 3.8) is 0 Å². The molecule has 1 unspecified atom stereocenters. The Bertz CT molecular complexity index is 918. The summed E-state index contributed by atoms with van der Waals surface area (Å²) in [7, 11) is 0. The Morgan fingerprint density at radius 2 is 2.00 bits per heavy atom. The van der Waals surface area contributed by atoms with Crippen LogP contribution in [0.4, 0.5) is 0 Å². The van der Waals surface area contributed by atoms with E-state index in [2.05, 4.69) is 20.6 Å². The fraction of sp³-hybridized carbons (Fsp3) is 0.522. The zero-order valence-corrected chi connectivity index (χ0v) is 19.1. The van der Waals surface area contributed by atoms with Gasteiger partial charge in [-0.3, -0.25) is 9.59 Å². The fourth-order valence-corrected chi connectivity index (χ4v) is 5.09. The number of nitrogens with one attached hydrogen (secondary N) is 3. The number of carbonyl (C=O) groups is 2. The van der Waals surface area contributed by atoms with Gasteiger partial charge in [0.1, 0.15) is 6.04 Å². The van der Waals surface area contributed by atoms with Crippen molar-refractivity contribution in [3.8, 4) is 0 Å². The van der Waals surface area contributed by atoms with Gasteiger partial charge in [0.15, 0.2) is 0 Å². The number of aromatic nitrogens is 2. The van der Waals surface area contributed by atoms with Crippen molar-refractivity contribution in [2.75, 3.05) is 31.6 Å². The maximum Gasteiger partial charge on any atom is 0.251 e. The minimum absolute atomic E-state index is 0.0161. The quantitative estimate of drug-likeness (QED) is 0.640. The predicted octanol–water partition coefficient (Wildman–Crippen LogP) is 2.23. The number of benzene rings is 1. The fourth-order valence-electron chi connectivity index (χ4n) is 4.62. The number of imidazole rings is 1. The van der Waals surface area contributed by atoms with Crippen molar-refractivity contribution in [1.29, 1.82) is 0 Å². The van der Waals surface area contributed by atoms with Crippen molar-refractivity contribution >= 4 is 23.6 Å². The van der Waals surface area contributed by atoms with Crippen LogP contribution in [0.1, 0.15) is 46.6 Å². The maximum atomic E-state index is 13.4. The summed E-state index contributed by atoms with van der Waals surface area (Å²) in [6.07, 6.45) is 7.04. The van der Waals surface area contributed by atoms with Gasteiger partial charge in [-0.1, -0.05) is 17.7 Å². The highest BCUT2D eigenvalue weighted by atomic mass is 32.2. The van der Waals surface area contributed by atoms with Crippen LogP contribution in [0, 0.1) is 6.92 Å². The van der Waals surface area contributed by atoms with Crippen molar-refractivity contribution in [2.24, 2.45) is 0 Å². The van der Waals surface area contributed by atoms with Gasteiger partial charge >= 0.3 is 0 Å². The number of amides is 2. The molecule has 1 aromatic heterocycles. The average Bonchev–Trinajstić information content (AvgIpc) is 3.28. The lowest BCUT2D eigenvalue weighted by atomic mass is 9.80. The lowest BCUT2D eigenvalue weighted by molar-refractivity contribution is -0.135. The van der Waals surface area contributed by atoms with Crippen LogP contribution in [0.5, 0.6) is 0 Å². The number of rotatable bonds is 6. The van der Waals surface area contributed by atoms with Gasteiger partial charge in [-0.15, -0.1) is 0 Å². The van der Waals surface area contributed by atoms with E-state index >= 15 is 0 Å². The van der Waals surface area contributed by atoms with Crippen molar-refractivity contribution in [1.82, 2.24) is 25.5 Å². The van der Waals surface area contributed by atoms with Crippen LogP contribution >= 0.6 is 11.8 Å². The van der Waals surface area contributed by atoms with E-state index in [1.54, 1.807) is 18.1 Å². The molecule has 2 amide bonds. The maximum absolute atomic E-state index is 13.4. The van der Waals surface area contributed by atoms with Crippen LogP contribution < -0.4 is 10.6 Å². The second kappa shape index (κ2) is 9.44. The van der Waals surface area contributed by atoms with E-state index in [9.17, 15) is 9.59 Å².